The molecule has 1 aliphatic heterocycles. The fourth-order valence-electron chi connectivity index (χ4n) is 1.84. The molecule has 0 aromatic heterocycles. The summed E-state index contributed by atoms with van der Waals surface area (Å²) in [5.74, 6) is 0. The molecule has 0 saturated carbocycles. The third kappa shape index (κ3) is 4.82. The molecule has 104 valence electrons. The molecule has 1 aliphatic rings. The lowest BCUT2D eigenvalue weighted by atomic mass is 10.1. The molecule has 1 atom stereocenters. The summed E-state index contributed by atoms with van der Waals surface area (Å²) in [5, 5.41) is 3.27. The Morgan fingerprint density at radius 2 is 1.95 bits per heavy atom. The summed E-state index contributed by atoms with van der Waals surface area (Å²) in [5.41, 5.74) is 1.50. The van der Waals surface area contributed by atoms with Crippen LogP contribution >= 0.6 is 0 Å². The second-order valence-corrected chi connectivity index (χ2v) is 6.29. The zero-order valence-electron chi connectivity index (χ0n) is 10.8. The molecule has 2 N–H and O–H groups in total. The minimum atomic E-state index is -3.22. The Hall–Kier alpha value is -1.69. The first kappa shape index (κ1) is 13.7. The topological polar surface area (TPSA) is 67.4 Å². The van der Waals surface area contributed by atoms with Crippen molar-refractivity contribution in [1.82, 2.24) is 0 Å². The van der Waals surface area contributed by atoms with E-state index in [4.69, 9.17) is 4.74 Å². The first-order chi connectivity index (χ1) is 9.03. The van der Waals surface area contributed by atoms with Gasteiger partial charge in [-0.1, -0.05) is 0 Å². The average molecular weight is 282 g/mol. The molecule has 0 amide bonds. The predicted octanol–water partition coefficient (Wildman–Crippen LogP) is 2.16. The lowest BCUT2D eigenvalue weighted by molar-refractivity contribution is 0.135. The molecule has 0 unspecified atom stereocenters. The van der Waals surface area contributed by atoms with E-state index in [1.807, 2.05) is 18.2 Å². The number of benzene rings is 1. The van der Waals surface area contributed by atoms with Crippen molar-refractivity contribution < 1.29 is 13.2 Å². The van der Waals surface area contributed by atoms with Gasteiger partial charge in [0, 0.05) is 11.4 Å². The number of hydrogen-bond acceptors (Lipinski definition) is 4. The fraction of sp³-hybridized carbons (Fsp3) is 0.385. The van der Waals surface area contributed by atoms with Crippen molar-refractivity contribution in [3.63, 3.8) is 0 Å². The van der Waals surface area contributed by atoms with Gasteiger partial charge in [-0.2, -0.15) is 0 Å². The van der Waals surface area contributed by atoms with E-state index < -0.39 is 10.0 Å². The minimum absolute atomic E-state index is 0.193. The zero-order valence-corrected chi connectivity index (χ0v) is 11.6. The highest BCUT2D eigenvalue weighted by atomic mass is 32.2. The van der Waals surface area contributed by atoms with Crippen LogP contribution < -0.4 is 10.0 Å². The van der Waals surface area contributed by atoms with Gasteiger partial charge in [0.2, 0.25) is 10.0 Å². The van der Waals surface area contributed by atoms with Crippen LogP contribution in [0.3, 0.4) is 0 Å². The molecule has 0 aliphatic carbocycles. The van der Waals surface area contributed by atoms with Gasteiger partial charge >= 0.3 is 0 Å². The molecule has 6 heteroatoms. The maximum Gasteiger partial charge on any atom is 0.229 e. The van der Waals surface area contributed by atoms with E-state index in [2.05, 4.69) is 10.0 Å². The van der Waals surface area contributed by atoms with E-state index in [1.54, 1.807) is 18.4 Å². The number of ether oxygens (including phenoxy) is 1. The normalized spacial score (nSPS) is 18.7. The van der Waals surface area contributed by atoms with Crippen molar-refractivity contribution in [1.29, 1.82) is 0 Å². The summed E-state index contributed by atoms with van der Waals surface area (Å²) in [7, 11) is -3.22. The maximum absolute atomic E-state index is 11.1. The molecule has 19 heavy (non-hydrogen) atoms. The number of sulfonamides is 1. The van der Waals surface area contributed by atoms with Crippen LogP contribution in [0.15, 0.2) is 36.6 Å². The molecular weight excluding hydrogens is 264 g/mol. The van der Waals surface area contributed by atoms with Crippen molar-refractivity contribution in [3.8, 4) is 0 Å². The molecule has 1 heterocycles. The number of anilines is 2. The predicted molar refractivity (Wildman–Crippen MR) is 76.6 cm³/mol. The van der Waals surface area contributed by atoms with Crippen LogP contribution in [-0.4, -0.2) is 27.3 Å². The van der Waals surface area contributed by atoms with Crippen LogP contribution in [0.2, 0.25) is 0 Å². The second-order valence-electron chi connectivity index (χ2n) is 4.54. The van der Waals surface area contributed by atoms with Crippen LogP contribution in [0.1, 0.15) is 12.8 Å². The Labute approximate surface area is 113 Å². The van der Waals surface area contributed by atoms with E-state index in [9.17, 15) is 8.42 Å². The van der Waals surface area contributed by atoms with E-state index >= 15 is 0 Å². The summed E-state index contributed by atoms with van der Waals surface area (Å²) in [6.07, 6.45) is 7.14. The molecule has 2 rings (SSSR count). The van der Waals surface area contributed by atoms with Crippen LogP contribution in [0.25, 0.3) is 0 Å². The highest BCUT2D eigenvalue weighted by Crippen LogP contribution is 2.16. The minimum Gasteiger partial charge on any atom is -0.497 e. The van der Waals surface area contributed by atoms with Gasteiger partial charge in [-0.25, -0.2) is 8.42 Å². The molecule has 1 aromatic carbocycles. The van der Waals surface area contributed by atoms with Gasteiger partial charge in [-0.3, -0.25) is 4.72 Å². The van der Waals surface area contributed by atoms with Crippen molar-refractivity contribution in [2.24, 2.45) is 0 Å². The van der Waals surface area contributed by atoms with Crippen molar-refractivity contribution in [2.75, 3.05) is 22.8 Å². The van der Waals surface area contributed by atoms with E-state index in [1.165, 1.54) is 0 Å². The van der Waals surface area contributed by atoms with Crippen LogP contribution in [-0.2, 0) is 14.8 Å². The average Bonchev–Trinajstić information content (AvgIpc) is 2.37. The molecule has 1 aromatic rings. The molecule has 0 bridgehead atoms. The van der Waals surface area contributed by atoms with Gasteiger partial charge in [-0.15, -0.1) is 0 Å². The van der Waals surface area contributed by atoms with E-state index in [0.29, 0.717) is 5.69 Å². The van der Waals surface area contributed by atoms with Crippen molar-refractivity contribution in [3.05, 3.63) is 36.6 Å². The Morgan fingerprint density at radius 3 is 2.53 bits per heavy atom. The van der Waals surface area contributed by atoms with Crippen molar-refractivity contribution >= 4 is 21.4 Å². The molecule has 0 radical (unpaired) electrons. The number of hydrogen-bond donors (Lipinski definition) is 2. The lowest BCUT2D eigenvalue weighted by Crippen LogP contribution is -2.22. The quantitative estimate of drug-likeness (QED) is 0.868. The third-order valence-corrected chi connectivity index (χ3v) is 3.35. The maximum atomic E-state index is 11.1. The van der Waals surface area contributed by atoms with Gasteiger partial charge in [0.05, 0.1) is 19.1 Å². The highest BCUT2D eigenvalue weighted by molar-refractivity contribution is 7.92. The van der Waals surface area contributed by atoms with Gasteiger partial charge in [0.15, 0.2) is 0 Å². The summed E-state index contributed by atoms with van der Waals surface area (Å²) in [6, 6.07) is 7.13. The molecule has 5 nitrogen and oxygen atoms in total. The van der Waals surface area contributed by atoms with Crippen LogP contribution in [0, 0.1) is 0 Å². The van der Waals surface area contributed by atoms with Gasteiger partial charge < -0.3 is 10.1 Å². The first-order valence-corrected chi connectivity index (χ1v) is 8.04. The standard InChI is InChI=1S/C13H18N2O3S/c1-19(16,17)15-12-7-5-11(6-8-12)14-10-13-4-2-3-9-18-13/h3,5-9,13-15H,2,4,10H2,1H3/t13-/m0/s1. The second kappa shape index (κ2) is 5.97. The number of nitrogens with one attached hydrogen (secondary N) is 2. The Morgan fingerprint density at radius 1 is 1.26 bits per heavy atom. The smallest absolute Gasteiger partial charge is 0.229 e. The molecule has 0 spiro atoms. The van der Waals surface area contributed by atoms with E-state index in [-0.39, 0.29) is 6.10 Å². The summed E-state index contributed by atoms with van der Waals surface area (Å²) < 4.78 is 30.0. The molecular formula is C13H18N2O3S. The first-order valence-electron chi connectivity index (χ1n) is 6.15. The summed E-state index contributed by atoms with van der Waals surface area (Å²) >= 11 is 0. The largest absolute Gasteiger partial charge is 0.497 e. The van der Waals surface area contributed by atoms with Crippen molar-refractivity contribution in [2.45, 2.75) is 18.9 Å². The SMILES string of the molecule is CS(=O)(=O)Nc1ccc(NC[C@@H]2CCC=CO2)cc1. The molecule has 0 fully saturated rings. The highest BCUT2D eigenvalue weighted by Gasteiger charge is 2.10. The van der Waals surface area contributed by atoms with Gasteiger partial charge in [0.1, 0.15) is 6.10 Å². The Balaban J connectivity index is 1.86. The van der Waals surface area contributed by atoms with Crippen LogP contribution in [0.4, 0.5) is 11.4 Å². The van der Waals surface area contributed by atoms with Gasteiger partial charge in [0.25, 0.3) is 0 Å². The van der Waals surface area contributed by atoms with E-state index in [0.717, 1.165) is 31.3 Å². The van der Waals surface area contributed by atoms with Gasteiger partial charge in [-0.05, 0) is 43.2 Å². The van der Waals surface area contributed by atoms with Crippen LogP contribution in [0.5, 0.6) is 0 Å². The number of rotatable bonds is 5. The Kier molecular flexibility index (Phi) is 4.31. The zero-order chi connectivity index (χ0) is 13.7. The summed E-state index contributed by atoms with van der Waals surface area (Å²) in [6.45, 7) is 0.739. The Bertz CT molecular complexity index is 538. The number of allylic oxidation sites excluding steroid dienone is 1. The lowest BCUT2D eigenvalue weighted by Gasteiger charge is -2.20. The fourth-order valence-corrected chi connectivity index (χ4v) is 2.40. The monoisotopic (exact) mass is 282 g/mol. The third-order valence-electron chi connectivity index (χ3n) is 2.74. The summed E-state index contributed by atoms with van der Waals surface area (Å²) in [4.78, 5) is 0. The molecule has 0 saturated heterocycles.